The molecule has 0 bridgehead atoms. The summed E-state index contributed by atoms with van der Waals surface area (Å²) < 4.78 is 5.67. The molecule has 0 atom stereocenters. The number of halogens is 2. The Balaban J connectivity index is 2.29. The summed E-state index contributed by atoms with van der Waals surface area (Å²) in [6, 6.07) is 5.94. The van der Waals surface area contributed by atoms with Gasteiger partial charge in [0.05, 0.1) is 7.11 Å². The van der Waals surface area contributed by atoms with Crippen molar-refractivity contribution in [2.45, 2.75) is 13.3 Å². The normalized spacial score (nSPS) is 10.4. The molecule has 0 saturated carbocycles. The predicted octanol–water partition coefficient (Wildman–Crippen LogP) is 4.65. The number of nitrogens with one attached hydrogen (secondary N) is 1. The largest absolute Gasteiger partial charge is 0.465 e. The minimum atomic E-state index is -0.480. The van der Waals surface area contributed by atoms with Crippen molar-refractivity contribution in [3.8, 4) is 0 Å². The Morgan fingerprint density at radius 1 is 1.55 bits per heavy atom. The predicted molar refractivity (Wildman–Crippen MR) is 85.3 cm³/mol. The standard InChI is InChI=1S/C13H12BrClN2O2S/c1-3-7-6-8(14)4-5-9(7)16-13-17-11(15)10(20-13)12(18)19-2/h4-6H,3H2,1-2H3,(H,16,17). The number of carbonyl (C=O) groups excluding carboxylic acids is 1. The average Bonchev–Trinajstić information content (AvgIpc) is 2.80. The van der Waals surface area contributed by atoms with Crippen molar-refractivity contribution in [3.63, 3.8) is 0 Å². The fourth-order valence-electron chi connectivity index (χ4n) is 1.67. The Kier molecular flexibility index (Phi) is 5.01. The fraction of sp³-hybridized carbons (Fsp3) is 0.231. The molecule has 0 amide bonds. The van der Waals surface area contributed by atoms with Crippen molar-refractivity contribution >= 4 is 55.7 Å². The van der Waals surface area contributed by atoms with Gasteiger partial charge in [0.2, 0.25) is 0 Å². The second-order valence-electron chi connectivity index (χ2n) is 3.91. The summed E-state index contributed by atoms with van der Waals surface area (Å²) in [4.78, 5) is 15.9. The summed E-state index contributed by atoms with van der Waals surface area (Å²) in [5, 5.41) is 3.90. The van der Waals surface area contributed by atoms with Crippen LogP contribution in [0.1, 0.15) is 22.2 Å². The maximum atomic E-state index is 11.5. The number of ether oxygens (including phenoxy) is 1. The number of hydrogen-bond donors (Lipinski definition) is 1. The first-order valence-corrected chi connectivity index (χ1v) is 7.84. The second kappa shape index (κ2) is 6.56. The van der Waals surface area contributed by atoms with Gasteiger partial charge in [0.15, 0.2) is 15.2 Å². The summed E-state index contributed by atoms with van der Waals surface area (Å²) >= 11 is 10.5. The van der Waals surface area contributed by atoms with Crippen molar-refractivity contribution in [1.82, 2.24) is 4.98 Å². The molecule has 2 rings (SSSR count). The third-order valence-electron chi connectivity index (χ3n) is 2.65. The van der Waals surface area contributed by atoms with E-state index < -0.39 is 5.97 Å². The summed E-state index contributed by atoms with van der Waals surface area (Å²) in [6.07, 6.45) is 0.880. The number of rotatable bonds is 4. The van der Waals surface area contributed by atoms with Crippen LogP contribution < -0.4 is 5.32 Å². The molecule has 106 valence electrons. The van der Waals surface area contributed by atoms with Gasteiger partial charge >= 0.3 is 5.97 Å². The van der Waals surface area contributed by atoms with Crippen LogP contribution in [-0.2, 0) is 11.2 Å². The SMILES string of the molecule is CCc1cc(Br)ccc1Nc1nc(Cl)c(C(=O)OC)s1. The Labute approximate surface area is 134 Å². The molecule has 0 aliphatic carbocycles. The van der Waals surface area contributed by atoms with Gasteiger partial charge in [-0.2, -0.15) is 0 Å². The minimum Gasteiger partial charge on any atom is -0.465 e. The van der Waals surface area contributed by atoms with Gasteiger partial charge in [-0.1, -0.05) is 45.8 Å². The van der Waals surface area contributed by atoms with Crippen molar-refractivity contribution in [2.75, 3.05) is 12.4 Å². The zero-order chi connectivity index (χ0) is 14.7. The van der Waals surface area contributed by atoms with Crippen LogP contribution in [0.5, 0.6) is 0 Å². The Bertz CT molecular complexity index is 645. The number of esters is 1. The van der Waals surface area contributed by atoms with Gasteiger partial charge in [-0.15, -0.1) is 0 Å². The van der Waals surface area contributed by atoms with Gasteiger partial charge in [-0.25, -0.2) is 9.78 Å². The molecule has 1 aromatic carbocycles. The van der Waals surface area contributed by atoms with E-state index in [1.807, 2.05) is 18.2 Å². The molecule has 4 nitrogen and oxygen atoms in total. The number of aromatic nitrogens is 1. The quantitative estimate of drug-likeness (QED) is 0.790. The van der Waals surface area contributed by atoms with E-state index in [0.717, 1.165) is 22.1 Å². The van der Waals surface area contributed by atoms with Gasteiger partial charge in [-0.05, 0) is 30.2 Å². The van der Waals surface area contributed by atoms with Gasteiger partial charge in [0.1, 0.15) is 0 Å². The van der Waals surface area contributed by atoms with Crippen molar-refractivity contribution in [2.24, 2.45) is 0 Å². The number of benzene rings is 1. The summed E-state index contributed by atoms with van der Waals surface area (Å²) in [6.45, 7) is 2.07. The van der Waals surface area contributed by atoms with Crippen LogP contribution in [0.2, 0.25) is 5.15 Å². The molecule has 1 heterocycles. The summed E-state index contributed by atoms with van der Waals surface area (Å²) in [7, 11) is 1.31. The Morgan fingerprint density at radius 3 is 2.95 bits per heavy atom. The molecule has 2 aromatic rings. The van der Waals surface area contributed by atoms with E-state index >= 15 is 0 Å². The highest BCUT2D eigenvalue weighted by Crippen LogP contribution is 2.31. The molecule has 0 aliphatic rings. The molecule has 20 heavy (non-hydrogen) atoms. The lowest BCUT2D eigenvalue weighted by Crippen LogP contribution is -1.98. The highest BCUT2D eigenvalue weighted by atomic mass is 79.9. The molecule has 0 unspecified atom stereocenters. The lowest BCUT2D eigenvalue weighted by molar-refractivity contribution is 0.0606. The van der Waals surface area contributed by atoms with Gasteiger partial charge in [0, 0.05) is 10.2 Å². The van der Waals surface area contributed by atoms with Crippen molar-refractivity contribution in [3.05, 3.63) is 38.3 Å². The van der Waals surface area contributed by atoms with Crippen LogP contribution in [0, 0.1) is 0 Å². The number of thiazole rings is 1. The van der Waals surface area contributed by atoms with E-state index in [2.05, 4.69) is 37.9 Å². The van der Waals surface area contributed by atoms with Crippen LogP contribution in [0.4, 0.5) is 10.8 Å². The van der Waals surface area contributed by atoms with Crippen molar-refractivity contribution in [1.29, 1.82) is 0 Å². The number of aryl methyl sites for hydroxylation is 1. The van der Waals surface area contributed by atoms with Crippen LogP contribution in [-0.4, -0.2) is 18.1 Å². The van der Waals surface area contributed by atoms with E-state index in [0.29, 0.717) is 10.0 Å². The molecule has 1 aromatic heterocycles. The highest BCUT2D eigenvalue weighted by Gasteiger charge is 2.17. The van der Waals surface area contributed by atoms with Crippen LogP contribution >= 0.6 is 38.9 Å². The van der Waals surface area contributed by atoms with Crippen LogP contribution in [0.15, 0.2) is 22.7 Å². The molecule has 0 radical (unpaired) electrons. The highest BCUT2D eigenvalue weighted by molar-refractivity contribution is 9.10. The van der Waals surface area contributed by atoms with E-state index in [1.165, 1.54) is 18.4 Å². The first kappa shape index (κ1) is 15.3. The number of nitrogens with zero attached hydrogens (tertiary/aromatic N) is 1. The smallest absolute Gasteiger partial charge is 0.351 e. The summed E-state index contributed by atoms with van der Waals surface area (Å²) in [5.41, 5.74) is 2.09. The number of anilines is 2. The minimum absolute atomic E-state index is 0.152. The topological polar surface area (TPSA) is 51.2 Å². The Hall–Kier alpha value is -1.11. The van der Waals surface area contributed by atoms with Crippen molar-refractivity contribution < 1.29 is 9.53 Å². The molecule has 0 saturated heterocycles. The molecule has 0 aliphatic heterocycles. The zero-order valence-electron chi connectivity index (χ0n) is 10.9. The lowest BCUT2D eigenvalue weighted by atomic mass is 10.1. The first-order valence-electron chi connectivity index (χ1n) is 5.85. The monoisotopic (exact) mass is 374 g/mol. The molecule has 7 heteroatoms. The molecular weight excluding hydrogens is 364 g/mol. The van der Waals surface area contributed by atoms with Crippen LogP contribution in [0.3, 0.4) is 0 Å². The van der Waals surface area contributed by atoms with Gasteiger partial charge in [-0.3, -0.25) is 0 Å². The number of carbonyl (C=O) groups is 1. The molecule has 0 fully saturated rings. The fourth-order valence-corrected chi connectivity index (χ4v) is 3.19. The molecule has 1 N–H and O–H groups in total. The average molecular weight is 376 g/mol. The number of hydrogen-bond acceptors (Lipinski definition) is 5. The van der Waals surface area contributed by atoms with E-state index in [1.54, 1.807) is 0 Å². The first-order chi connectivity index (χ1) is 9.55. The maximum absolute atomic E-state index is 11.5. The number of methoxy groups -OCH3 is 1. The summed E-state index contributed by atoms with van der Waals surface area (Å²) in [5.74, 6) is -0.480. The lowest BCUT2D eigenvalue weighted by Gasteiger charge is -2.08. The molecular formula is C13H12BrClN2O2S. The third kappa shape index (κ3) is 3.31. The van der Waals surface area contributed by atoms with Crippen LogP contribution in [0.25, 0.3) is 0 Å². The second-order valence-corrected chi connectivity index (χ2v) is 6.18. The van der Waals surface area contributed by atoms with Gasteiger partial charge < -0.3 is 10.1 Å². The van der Waals surface area contributed by atoms with E-state index in [-0.39, 0.29) is 5.15 Å². The van der Waals surface area contributed by atoms with E-state index in [9.17, 15) is 4.79 Å². The zero-order valence-corrected chi connectivity index (χ0v) is 14.0. The third-order valence-corrected chi connectivity index (χ3v) is 4.48. The molecule has 0 spiro atoms. The maximum Gasteiger partial charge on any atom is 0.351 e. The Morgan fingerprint density at radius 2 is 2.30 bits per heavy atom. The van der Waals surface area contributed by atoms with E-state index in [4.69, 9.17) is 11.6 Å². The van der Waals surface area contributed by atoms with Gasteiger partial charge in [0.25, 0.3) is 0 Å².